The van der Waals surface area contributed by atoms with E-state index in [1.807, 2.05) is 12.1 Å². The molecule has 1 saturated carbocycles. The van der Waals surface area contributed by atoms with E-state index in [9.17, 15) is 5.11 Å². The smallest absolute Gasteiger partial charge is 0.0902 e. The summed E-state index contributed by atoms with van der Waals surface area (Å²) in [4.78, 5) is 0. The van der Waals surface area contributed by atoms with Crippen molar-refractivity contribution in [3.05, 3.63) is 60.2 Å². The van der Waals surface area contributed by atoms with Gasteiger partial charge in [-0.05, 0) is 29.5 Å². The molecule has 0 heterocycles. The molecule has 19 heavy (non-hydrogen) atoms. The van der Waals surface area contributed by atoms with Gasteiger partial charge in [-0.1, -0.05) is 73.9 Å². The lowest BCUT2D eigenvalue weighted by atomic mass is 9.77. The van der Waals surface area contributed by atoms with Gasteiger partial charge in [0, 0.05) is 0 Å². The van der Waals surface area contributed by atoms with Gasteiger partial charge in [0.25, 0.3) is 0 Å². The van der Waals surface area contributed by atoms with Crippen LogP contribution in [0.25, 0.3) is 11.1 Å². The van der Waals surface area contributed by atoms with Crippen molar-refractivity contribution in [1.29, 1.82) is 0 Å². The first-order chi connectivity index (χ1) is 9.30. The van der Waals surface area contributed by atoms with Crippen LogP contribution in [0.5, 0.6) is 0 Å². The highest BCUT2D eigenvalue weighted by molar-refractivity contribution is 5.68. The number of hydrogen-bond acceptors (Lipinski definition) is 1. The Labute approximate surface area is 114 Å². The average molecular weight is 252 g/mol. The van der Waals surface area contributed by atoms with Gasteiger partial charge in [-0.2, -0.15) is 0 Å². The van der Waals surface area contributed by atoms with Crippen molar-refractivity contribution >= 4 is 0 Å². The maximum absolute atomic E-state index is 11.0. The topological polar surface area (TPSA) is 20.2 Å². The van der Waals surface area contributed by atoms with E-state index >= 15 is 0 Å². The van der Waals surface area contributed by atoms with Crippen LogP contribution < -0.4 is 0 Å². The molecule has 1 aliphatic rings. The molecule has 0 atom stereocenters. The highest BCUT2D eigenvalue weighted by Crippen LogP contribution is 2.41. The van der Waals surface area contributed by atoms with Crippen molar-refractivity contribution in [3.63, 3.8) is 0 Å². The highest BCUT2D eigenvalue weighted by Gasteiger charge is 2.32. The summed E-state index contributed by atoms with van der Waals surface area (Å²) in [6, 6.07) is 18.7. The lowest BCUT2D eigenvalue weighted by Gasteiger charge is -2.34. The quantitative estimate of drug-likeness (QED) is 0.834. The molecule has 2 aromatic carbocycles. The standard InChI is InChI=1S/C18H20O/c19-18(13-7-2-8-14-18)17-12-6-5-11-16(17)15-9-3-1-4-10-15/h1,3-6,9-12,19H,2,7-8,13-14H2. The molecule has 0 spiro atoms. The second-order valence-electron chi connectivity index (χ2n) is 5.50. The van der Waals surface area contributed by atoms with Crippen molar-refractivity contribution in [2.45, 2.75) is 37.7 Å². The molecule has 1 aliphatic carbocycles. The predicted octanol–water partition coefficient (Wildman–Crippen LogP) is 4.51. The molecule has 1 nitrogen and oxygen atoms in total. The fraction of sp³-hybridized carbons (Fsp3) is 0.333. The normalized spacial score (nSPS) is 18.2. The first-order valence-corrected chi connectivity index (χ1v) is 7.17. The molecule has 3 rings (SSSR count). The monoisotopic (exact) mass is 252 g/mol. The van der Waals surface area contributed by atoms with Gasteiger partial charge in [-0.3, -0.25) is 0 Å². The molecule has 0 radical (unpaired) electrons. The summed E-state index contributed by atoms with van der Waals surface area (Å²) in [6.07, 6.45) is 5.27. The number of aliphatic hydroxyl groups is 1. The Morgan fingerprint density at radius 1 is 0.737 bits per heavy atom. The van der Waals surface area contributed by atoms with Crippen molar-refractivity contribution in [2.75, 3.05) is 0 Å². The zero-order valence-electron chi connectivity index (χ0n) is 11.2. The van der Waals surface area contributed by atoms with Crippen LogP contribution >= 0.6 is 0 Å². The van der Waals surface area contributed by atoms with Crippen LogP contribution in [-0.4, -0.2) is 5.11 Å². The third-order valence-electron chi connectivity index (χ3n) is 4.19. The summed E-state index contributed by atoms with van der Waals surface area (Å²) < 4.78 is 0. The van der Waals surface area contributed by atoms with E-state index in [0.717, 1.165) is 31.2 Å². The van der Waals surface area contributed by atoms with E-state index in [-0.39, 0.29) is 0 Å². The molecule has 98 valence electrons. The van der Waals surface area contributed by atoms with E-state index in [0.29, 0.717) is 0 Å². The van der Waals surface area contributed by atoms with Gasteiger partial charge >= 0.3 is 0 Å². The third kappa shape index (κ3) is 2.43. The molecule has 0 saturated heterocycles. The van der Waals surface area contributed by atoms with E-state index in [1.165, 1.54) is 17.5 Å². The highest BCUT2D eigenvalue weighted by atomic mass is 16.3. The molecule has 2 aromatic rings. The minimum atomic E-state index is -0.634. The Kier molecular flexibility index (Phi) is 3.39. The number of rotatable bonds is 2. The van der Waals surface area contributed by atoms with Crippen molar-refractivity contribution in [2.24, 2.45) is 0 Å². The van der Waals surface area contributed by atoms with Gasteiger partial charge in [0.15, 0.2) is 0 Å². The Morgan fingerprint density at radius 2 is 1.37 bits per heavy atom. The fourth-order valence-corrected chi connectivity index (χ4v) is 3.16. The Bertz CT molecular complexity index is 539. The zero-order valence-corrected chi connectivity index (χ0v) is 11.2. The van der Waals surface area contributed by atoms with E-state index in [2.05, 4.69) is 42.5 Å². The van der Waals surface area contributed by atoms with Crippen LogP contribution in [0.1, 0.15) is 37.7 Å². The van der Waals surface area contributed by atoms with E-state index in [4.69, 9.17) is 0 Å². The summed E-state index contributed by atoms with van der Waals surface area (Å²) >= 11 is 0. The second kappa shape index (κ2) is 5.18. The van der Waals surface area contributed by atoms with Crippen LogP contribution in [0.4, 0.5) is 0 Å². The molecule has 0 amide bonds. The minimum Gasteiger partial charge on any atom is -0.385 e. The SMILES string of the molecule is OC1(c2ccccc2-c2ccccc2)CCCCC1. The van der Waals surface area contributed by atoms with Gasteiger partial charge in [0.1, 0.15) is 0 Å². The zero-order chi connectivity index (χ0) is 13.1. The minimum absolute atomic E-state index is 0.634. The molecular formula is C18H20O. The van der Waals surface area contributed by atoms with Crippen LogP contribution in [-0.2, 0) is 5.60 Å². The van der Waals surface area contributed by atoms with Crippen molar-refractivity contribution in [1.82, 2.24) is 0 Å². The van der Waals surface area contributed by atoms with Crippen molar-refractivity contribution < 1.29 is 5.11 Å². The number of hydrogen-bond donors (Lipinski definition) is 1. The third-order valence-corrected chi connectivity index (χ3v) is 4.19. The van der Waals surface area contributed by atoms with Crippen LogP contribution in [0.15, 0.2) is 54.6 Å². The predicted molar refractivity (Wildman–Crippen MR) is 78.9 cm³/mol. The van der Waals surface area contributed by atoms with Gasteiger partial charge in [-0.15, -0.1) is 0 Å². The molecule has 0 bridgehead atoms. The van der Waals surface area contributed by atoms with Crippen LogP contribution in [0, 0.1) is 0 Å². The molecule has 1 fully saturated rings. The van der Waals surface area contributed by atoms with Crippen LogP contribution in [0.3, 0.4) is 0 Å². The maximum Gasteiger partial charge on any atom is 0.0902 e. The van der Waals surface area contributed by atoms with Gasteiger partial charge in [0.2, 0.25) is 0 Å². The summed E-state index contributed by atoms with van der Waals surface area (Å²) in [6.45, 7) is 0. The maximum atomic E-state index is 11.0. The Hall–Kier alpha value is -1.60. The van der Waals surface area contributed by atoms with E-state index < -0.39 is 5.60 Å². The molecule has 0 unspecified atom stereocenters. The summed E-state index contributed by atoms with van der Waals surface area (Å²) in [5.41, 5.74) is 2.83. The molecule has 1 N–H and O–H groups in total. The number of benzene rings is 2. The second-order valence-corrected chi connectivity index (χ2v) is 5.50. The summed E-state index contributed by atoms with van der Waals surface area (Å²) in [5.74, 6) is 0. The Balaban J connectivity index is 2.07. The largest absolute Gasteiger partial charge is 0.385 e. The first kappa shape index (κ1) is 12.4. The lowest BCUT2D eigenvalue weighted by Crippen LogP contribution is -2.29. The van der Waals surface area contributed by atoms with Crippen LogP contribution in [0.2, 0.25) is 0 Å². The van der Waals surface area contributed by atoms with Gasteiger partial charge in [-0.25, -0.2) is 0 Å². The van der Waals surface area contributed by atoms with Gasteiger partial charge < -0.3 is 5.11 Å². The lowest BCUT2D eigenvalue weighted by molar-refractivity contribution is -0.0000931. The molecular weight excluding hydrogens is 232 g/mol. The Morgan fingerprint density at radius 3 is 2.11 bits per heavy atom. The first-order valence-electron chi connectivity index (χ1n) is 7.17. The molecule has 1 heteroatoms. The van der Waals surface area contributed by atoms with Gasteiger partial charge in [0.05, 0.1) is 5.60 Å². The van der Waals surface area contributed by atoms with Crippen molar-refractivity contribution in [3.8, 4) is 11.1 Å². The summed E-state index contributed by atoms with van der Waals surface area (Å²) in [7, 11) is 0. The molecule has 0 aromatic heterocycles. The average Bonchev–Trinajstić information content (AvgIpc) is 2.49. The summed E-state index contributed by atoms with van der Waals surface area (Å²) in [5, 5.41) is 11.0. The van der Waals surface area contributed by atoms with E-state index in [1.54, 1.807) is 0 Å². The molecule has 0 aliphatic heterocycles. The fourth-order valence-electron chi connectivity index (χ4n) is 3.16.